The normalized spacial score (nSPS) is 16.8. The van der Waals surface area contributed by atoms with Crippen molar-refractivity contribution in [1.82, 2.24) is 4.90 Å². The Morgan fingerprint density at radius 3 is 2.42 bits per heavy atom. The first kappa shape index (κ1) is 18.8. The lowest BCUT2D eigenvalue weighted by Gasteiger charge is -2.29. The third-order valence-corrected chi connectivity index (χ3v) is 5.63. The van der Waals surface area contributed by atoms with E-state index in [1.807, 2.05) is 61.5 Å². The van der Waals surface area contributed by atoms with E-state index in [9.17, 15) is 4.79 Å². The highest BCUT2D eigenvalue weighted by atomic mass is 32.2. The molecular formula is C21H26N2O2S. The van der Waals surface area contributed by atoms with Crippen LogP contribution in [0.25, 0.3) is 0 Å². The number of nitrogens with one attached hydrogen (secondary N) is 1. The molecule has 2 aromatic rings. The van der Waals surface area contributed by atoms with E-state index in [4.69, 9.17) is 4.74 Å². The molecule has 0 unspecified atom stereocenters. The van der Waals surface area contributed by atoms with Crippen molar-refractivity contribution in [3.8, 4) is 5.75 Å². The third kappa shape index (κ3) is 5.51. The van der Waals surface area contributed by atoms with E-state index >= 15 is 0 Å². The Balaban J connectivity index is 1.49. The summed E-state index contributed by atoms with van der Waals surface area (Å²) in [6.45, 7) is 4.08. The molecule has 1 atom stereocenters. The minimum atomic E-state index is -0.160. The van der Waals surface area contributed by atoms with Gasteiger partial charge in [-0.3, -0.25) is 4.79 Å². The predicted octanol–water partition coefficient (Wildman–Crippen LogP) is 4.28. The zero-order valence-electron chi connectivity index (χ0n) is 15.4. The van der Waals surface area contributed by atoms with Crippen molar-refractivity contribution in [1.29, 1.82) is 0 Å². The lowest BCUT2D eigenvalue weighted by molar-refractivity contribution is -0.115. The number of benzene rings is 2. The van der Waals surface area contributed by atoms with Crippen LogP contribution in [0, 0.1) is 0 Å². The highest BCUT2D eigenvalue weighted by Crippen LogP contribution is 2.25. The molecule has 0 spiro atoms. The van der Waals surface area contributed by atoms with E-state index in [1.165, 1.54) is 0 Å². The Morgan fingerprint density at radius 1 is 1.12 bits per heavy atom. The summed E-state index contributed by atoms with van der Waals surface area (Å²) in [4.78, 5) is 15.8. The highest BCUT2D eigenvalue weighted by molar-refractivity contribution is 8.00. The van der Waals surface area contributed by atoms with E-state index in [2.05, 4.69) is 17.3 Å². The van der Waals surface area contributed by atoms with E-state index in [1.54, 1.807) is 11.8 Å². The topological polar surface area (TPSA) is 41.6 Å². The predicted molar refractivity (Wildman–Crippen MR) is 108 cm³/mol. The van der Waals surface area contributed by atoms with Crippen LogP contribution < -0.4 is 10.1 Å². The SMILES string of the molecule is C[C@H](Sc1ccccc1)C(=O)Nc1ccc(OC2CCN(C)CC2)cc1. The largest absolute Gasteiger partial charge is 0.490 e. The van der Waals surface area contributed by atoms with Crippen molar-refractivity contribution in [3.05, 3.63) is 54.6 Å². The number of hydrogen-bond acceptors (Lipinski definition) is 4. The number of carbonyl (C=O) groups is 1. The summed E-state index contributed by atoms with van der Waals surface area (Å²) in [5.41, 5.74) is 0.797. The van der Waals surface area contributed by atoms with Crippen LogP contribution >= 0.6 is 11.8 Å². The van der Waals surface area contributed by atoms with Crippen LogP contribution in [0.3, 0.4) is 0 Å². The van der Waals surface area contributed by atoms with Crippen LogP contribution in [0.15, 0.2) is 59.5 Å². The zero-order valence-corrected chi connectivity index (χ0v) is 16.2. The number of anilines is 1. The number of likely N-dealkylation sites (tertiary alicyclic amines) is 1. The van der Waals surface area contributed by atoms with Crippen molar-refractivity contribution in [2.75, 3.05) is 25.5 Å². The Labute approximate surface area is 159 Å². The second-order valence-electron chi connectivity index (χ2n) is 6.71. The molecule has 0 aliphatic carbocycles. The molecule has 4 nitrogen and oxygen atoms in total. The quantitative estimate of drug-likeness (QED) is 0.771. The number of piperidine rings is 1. The van der Waals surface area contributed by atoms with Crippen LogP contribution in [0.2, 0.25) is 0 Å². The Kier molecular flexibility index (Phi) is 6.58. The molecule has 2 aromatic carbocycles. The monoisotopic (exact) mass is 370 g/mol. The number of thioether (sulfide) groups is 1. The number of rotatable bonds is 6. The van der Waals surface area contributed by atoms with Crippen molar-refractivity contribution in [2.24, 2.45) is 0 Å². The highest BCUT2D eigenvalue weighted by Gasteiger charge is 2.18. The van der Waals surface area contributed by atoms with E-state index < -0.39 is 0 Å². The van der Waals surface area contributed by atoms with Crippen LogP contribution in [0.5, 0.6) is 5.75 Å². The second-order valence-corrected chi connectivity index (χ2v) is 8.12. The third-order valence-electron chi connectivity index (χ3n) is 4.52. The molecule has 0 aromatic heterocycles. The van der Waals surface area contributed by atoms with Crippen LogP contribution in [-0.2, 0) is 4.79 Å². The summed E-state index contributed by atoms with van der Waals surface area (Å²) in [6, 6.07) is 17.7. The minimum Gasteiger partial charge on any atom is -0.490 e. The molecule has 1 aliphatic rings. The van der Waals surface area contributed by atoms with Gasteiger partial charge in [0.15, 0.2) is 0 Å². The lowest BCUT2D eigenvalue weighted by atomic mass is 10.1. The fraction of sp³-hybridized carbons (Fsp3) is 0.381. The summed E-state index contributed by atoms with van der Waals surface area (Å²) in [5, 5.41) is 2.82. The fourth-order valence-electron chi connectivity index (χ4n) is 2.91. The number of ether oxygens (including phenoxy) is 1. The maximum Gasteiger partial charge on any atom is 0.237 e. The van der Waals surface area contributed by atoms with Crippen LogP contribution in [-0.4, -0.2) is 42.3 Å². The average molecular weight is 371 g/mol. The maximum atomic E-state index is 12.4. The van der Waals surface area contributed by atoms with Crippen molar-refractivity contribution in [2.45, 2.75) is 36.0 Å². The van der Waals surface area contributed by atoms with E-state index in [0.29, 0.717) is 0 Å². The molecule has 1 amide bonds. The standard InChI is InChI=1S/C21H26N2O2S/c1-16(26-20-6-4-3-5-7-20)21(24)22-17-8-10-18(11-9-17)25-19-12-14-23(2)15-13-19/h3-11,16,19H,12-15H2,1-2H3,(H,22,24)/t16-/m0/s1. The lowest BCUT2D eigenvalue weighted by Crippen LogP contribution is -2.35. The number of amides is 1. The van der Waals surface area contributed by atoms with Gasteiger partial charge >= 0.3 is 0 Å². The molecule has 0 bridgehead atoms. The number of hydrogen-bond donors (Lipinski definition) is 1. The van der Waals surface area contributed by atoms with Gasteiger partial charge in [-0.1, -0.05) is 18.2 Å². The molecule has 0 saturated carbocycles. The van der Waals surface area contributed by atoms with E-state index in [0.717, 1.165) is 42.3 Å². The zero-order chi connectivity index (χ0) is 18.4. The number of nitrogens with zero attached hydrogens (tertiary/aromatic N) is 1. The summed E-state index contributed by atoms with van der Waals surface area (Å²) in [7, 11) is 2.14. The van der Waals surface area contributed by atoms with Gasteiger partial charge in [0.2, 0.25) is 5.91 Å². The molecule has 1 saturated heterocycles. The summed E-state index contributed by atoms with van der Waals surface area (Å²) >= 11 is 1.56. The summed E-state index contributed by atoms with van der Waals surface area (Å²) in [5.74, 6) is 0.868. The average Bonchev–Trinajstić information content (AvgIpc) is 2.66. The molecular weight excluding hydrogens is 344 g/mol. The smallest absolute Gasteiger partial charge is 0.237 e. The van der Waals surface area contributed by atoms with Crippen LogP contribution in [0.1, 0.15) is 19.8 Å². The Hall–Kier alpha value is -1.98. The molecule has 0 radical (unpaired) electrons. The fourth-order valence-corrected chi connectivity index (χ4v) is 3.80. The van der Waals surface area contributed by atoms with Gasteiger partial charge < -0.3 is 15.0 Å². The minimum absolute atomic E-state index is 0.00263. The van der Waals surface area contributed by atoms with Gasteiger partial charge in [-0.05, 0) is 63.2 Å². The molecule has 1 N–H and O–H groups in total. The molecule has 1 heterocycles. The van der Waals surface area contributed by atoms with Gasteiger partial charge in [-0.15, -0.1) is 11.8 Å². The second kappa shape index (κ2) is 9.10. The molecule has 1 aliphatic heterocycles. The molecule has 5 heteroatoms. The van der Waals surface area contributed by atoms with Gasteiger partial charge in [0, 0.05) is 23.7 Å². The maximum absolute atomic E-state index is 12.4. The summed E-state index contributed by atoms with van der Waals surface area (Å²) < 4.78 is 6.05. The van der Waals surface area contributed by atoms with Gasteiger partial charge in [0.25, 0.3) is 0 Å². The first-order chi connectivity index (χ1) is 12.6. The van der Waals surface area contributed by atoms with Gasteiger partial charge in [0.1, 0.15) is 11.9 Å². The molecule has 138 valence electrons. The Bertz CT molecular complexity index is 698. The first-order valence-electron chi connectivity index (χ1n) is 9.08. The molecule has 26 heavy (non-hydrogen) atoms. The van der Waals surface area contributed by atoms with Gasteiger partial charge in [-0.2, -0.15) is 0 Å². The van der Waals surface area contributed by atoms with Crippen molar-refractivity contribution in [3.63, 3.8) is 0 Å². The molecule has 1 fully saturated rings. The van der Waals surface area contributed by atoms with Gasteiger partial charge in [-0.25, -0.2) is 0 Å². The Morgan fingerprint density at radius 2 is 1.77 bits per heavy atom. The van der Waals surface area contributed by atoms with Crippen molar-refractivity contribution >= 4 is 23.4 Å². The van der Waals surface area contributed by atoms with Crippen LogP contribution in [0.4, 0.5) is 5.69 Å². The van der Waals surface area contributed by atoms with E-state index in [-0.39, 0.29) is 17.3 Å². The van der Waals surface area contributed by atoms with Crippen molar-refractivity contribution < 1.29 is 9.53 Å². The number of carbonyl (C=O) groups excluding carboxylic acids is 1. The van der Waals surface area contributed by atoms with Gasteiger partial charge in [0.05, 0.1) is 5.25 Å². The molecule has 3 rings (SSSR count). The summed E-state index contributed by atoms with van der Waals surface area (Å²) in [6.07, 6.45) is 2.40. The first-order valence-corrected chi connectivity index (χ1v) is 9.96.